The van der Waals surface area contributed by atoms with Crippen molar-refractivity contribution in [3.05, 3.63) is 59.7 Å². The van der Waals surface area contributed by atoms with Gasteiger partial charge in [-0.3, -0.25) is 4.79 Å². The van der Waals surface area contributed by atoms with Crippen molar-refractivity contribution in [1.82, 2.24) is 0 Å². The molecule has 0 aromatic heterocycles. The van der Waals surface area contributed by atoms with Crippen LogP contribution in [0.5, 0.6) is 11.5 Å². The van der Waals surface area contributed by atoms with Crippen LogP contribution >= 0.6 is 0 Å². The average Bonchev–Trinajstić information content (AvgIpc) is 2.93. The normalized spacial score (nSPS) is 12.4. The van der Waals surface area contributed by atoms with Crippen LogP contribution in [0.15, 0.2) is 48.5 Å². The Bertz CT molecular complexity index is 590. The van der Waals surface area contributed by atoms with E-state index in [9.17, 15) is 4.79 Å². The minimum Gasteiger partial charge on any atom is -0.454 e. The van der Waals surface area contributed by atoms with E-state index in [0.717, 1.165) is 22.6 Å². The van der Waals surface area contributed by atoms with Crippen molar-refractivity contribution >= 4 is 5.78 Å². The fourth-order valence-electron chi connectivity index (χ4n) is 2.12. The number of benzene rings is 2. The number of hydrogen-bond donors (Lipinski definition) is 0. The lowest BCUT2D eigenvalue weighted by Gasteiger charge is -2.03. The van der Waals surface area contributed by atoms with Crippen LogP contribution in [0.2, 0.25) is 0 Å². The highest BCUT2D eigenvalue weighted by atomic mass is 16.7. The summed E-state index contributed by atoms with van der Waals surface area (Å²) in [7, 11) is 0. The van der Waals surface area contributed by atoms with Crippen molar-refractivity contribution in [3.8, 4) is 11.5 Å². The van der Waals surface area contributed by atoms with Gasteiger partial charge in [-0.05, 0) is 24.1 Å². The minimum absolute atomic E-state index is 0.165. The number of hydrogen-bond acceptors (Lipinski definition) is 3. The van der Waals surface area contributed by atoms with E-state index in [4.69, 9.17) is 9.47 Å². The zero-order chi connectivity index (χ0) is 13.1. The molecule has 3 heteroatoms. The molecule has 0 aliphatic carbocycles. The molecule has 0 saturated heterocycles. The van der Waals surface area contributed by atoms with Gasteiger partial charge >= 0.3 is 0 Å². The van der Waals surface area contributed by atoms with Crippen LogP contribution in [-0.4, -0.2) is 12.6 Å². The van der Waals surface area contributed by atoms with Crippen molar-refractivity contribution in [2.75, 3.05) is 6.79 Å². The maximum absolute atomic E-state index is 12.0. The standard InChI is InChI=1S/C16H14O3/c17-14(13-4-2-1-3-5-13)8-6-12-7-9-15-16(10-12)19-11-18-15/h1-5,7,9-10H,6,8,11H2. The third-order valence-corrected chi connectivity index (χ3v) is 3.17. The number of Topliss-reactive ketones (excluding diaryl/α,β-unsaturated/α-hetero) is 1. The molecule has 0 amide bonds. The fourth-order valence-corrected chi connectivity index (χ4v) is 2.12. The van der Waals surface area contributed by atoms with Gasteiger partial charge < -0.3 is 9.47 Å². The second-order valence-electron chi connectivity index (χ2n) is 4.48. The molecule has 0 saturated carbocycles. The van der Waals surface area contributed by atoms with Gasteiger partial charge in [-0.25, -0.2) is 0 Å². The van der Waals surface area contributed by atoms with Crippen molar-refractivity contribution in [2.45, 2.75) is 12.8 Å². The van der Waals surface area contributed by atoms with E-state index in [-0.39, 0.29) is 12.6 Å². The van der Waals surface area contributed by atoms with E-state index in [0.29, 0.717) is 12.8 Å². The monoisotopic (exact) mass is 254 g/mol. The summed E-state index contributed by atoms with van der Waals surface area (Å²) in [6, 6.07) is 15.2. The molecule has 0 spiro atoms. The molecule has 96 valence electrons. The van der Waals surface area contributed by atoms with Crippen LogP contribution in [0.3, 0.4) is 0 Å². The van der Waals surface area contributed by atoms with Gasteiger partial charge in [0, 0.05) is 12.0 Å². The summed E-state index contributed by atoms with van der Waals surface area (Å²) in [5.41, 5.74) is 1.86. The highest BCUT2D eigenvalue weighted by Gasteiger charge is 2.13. The lowest BCUT2D eigenvalue weighted by Crippen LogP contribution is -2.00. The molecule has 3 nitrogen and oxygen atoms in total. The maximum Gasteiger partial charge on any atom is 0.231 e. The molecule has 0 fully saturated rings. The van der Waals surface area contributed by atoms with Crippen LogP contribution in [0, 0.1) is 0 Å². The second kappa shape index (κ2) is 5.14. The Morgan fingerprint density at radius 1 is 1.00 bits per heavy atom. The lowest BCUT2D eigenvalue weighted by atomic mass is 10.0. The first-order valence-corrected chi connectivity index (χ1v) is 6.30. The Kier molecular flexibility index (Phi) is 3.19. The van der Waals surface area contributed by atoms with Gasteiger partial charge in [0.2, 0.25) is 6.79 Å². The molecule has 19 heavy (non-hydrogen) atoms. The van der Waals surface area contributed by atoms with Gasteiger partial charge in [-0.1, -0.05) is 36.4 Å². The molecule has 0 atom stereocenters. The zero-order valence-corrected chi connectivity index (χ0v) is 10.5. The smallest absolute Gasteiger partial charge is 0.231 e. The van der Waals surface area contributed by atoms with Crippen molar-refractivity contribution in [3.63, 3.8) is 0 Å². The first kappa shape index (κ1) is 11.8. The Hall–Kier alpha value is -2.29. The number of aryl methyl sites for hydroxylation is 1. The maximum atomic E-state index is 12.0. The van der Waals surface area contributed by atoms with Gasteiger partial charge in [-0.15, -0.1) is 0 Å². The zero-order valence-electron chi connectivity index (χ0n) is 10.5. The molecule has 1 aliphatic rings. The van der Waals surface area contributed by atoms with Crippen molar-refractivity contribution in [1.29, 1.82) is 0 Å². The molecule has 2 aromatic carbocycles. The second-order valence-corrected chi connectivity index (χ2v) is 4.48. The first-order chi connectivity index (χ1) is 9.33. The van der Waals surface area contributed by atoms with Gasteiger partial charge in [0.05, 0.1) is 0 Å². The number of ether oxygens (including phenoxy) is 2. The van der Waals surface area contributed by atoms with E-state index in [2.05, 4.69) is 0 Å². The molecular formula is C16H14O3. The molecule has 0 N–H and O–H groups in total. The highest BCUT2D eigenvalue weighted by Crippen LogP contribution is 2.32. The van der Waals surface area contributed by atoms with E-state index in [1.165, 1.54) is 0 Å². The van der Waals surface area contributed by atoms with Gasteiger partial charge in [0.1, 0.15) is 0 Å². The predicted molar refractivity (Wildman–Crippen MR) is 71.7 cm³/mol. The van der Waals surface area contributed by atoms with Gasteiger partial charge in [0.15, 0.2) is 17.3 Å². The quantitative estimate of drug-likeness (QED) is 0.786. The number of fused-ring (bicyclic) bond motifs is 1. The summed E-state index contributed by atoms with van der Waals surface area (Å²) in [4.78, 5) is 12.0. The summed E-state index contributed by atoms with van der Waals surface area (Å²) in [6.45, 7) is 0.279. The third-order valence-electron chi connectivity index (χ3n) is 3.17. The molecule has 1 aliphatic heterocycles. The summed E-state index contributed by atoms with van der Waals surface area (Å²) < 4.78 is 10.6. The summed E-state index contributed by atoms with van der Waals surface area (Å²) >= 11 is 0. The molecule has 0 bridgehead atoms. The Morgan fingerprint density at radius 2 is 1.79 bits per heavy atom. The Labute approximate surface area is 111 Å². The van der Waals surface area contributed by atoms with Crippen LogP contribution in [-0.2, 0) is 6.42 Å². The van der Waals surface area contributed by atoms with E-state index in [1.807, 2.05) is 48.5 Å². The van der Waals surface area contributed by atoms with E-state index < -0.39 is 0 Å². The number of ketones is 1. The van der Waals surface area contributed by atoms with Crippen LogP contribution in [0.1, 0.15) is 22.3 Å². The molecule has 2 aromatic rings. The van der Waals surface area contributed by atoms with Crippen LogP contribution < -0.4 is 9.47 Å². The van der Waals surface area contributed by atoms with Crippen LogP contribution in [0.4, 0.5) is 0 Å². The van der Waals surface area contributed by atoms with E-state index >= 15 is 0 Å². The fraction of sp³-hybridized carbons (Fsp3) is 0.188. The minimum atomic E-state index is 0.165. The average molecular weight is 254 g/mol. The summed E-state index contributed by atoms with van der Waals surface area (Å²) in [5.74, 6) is 1.71. The van der Waals surface area contributed by atoms with Crippen molar-refractivity contribution in [2.24, 2.45) is 0 Å². The first-order valence-electron chi connectivity index (χ1n) is 6.30. The van der Waals surface area contributed by atoms with Gasteiger partial charge in [0.25, 0.3) is 0 Å². The number of carbonyl (C=O) groups excluding carboxylic acids is 1. The molecular weight excluding hydrogens is 240 g/mol. The molecule has 3 rings (SSSR count). The summed E-state index contributed by atoms with van der Waals surface area (Å²) in [5, 5.41) is 0. The Balaban J connectivity index is 1.65. The van der Waals surface area contributed by atoms with Crippen molar-refractivity contribution < 1.29 is 14.3 Å². The predicted octanol–water partition coefficient (Wildman–Crippen LogP) is 3.23. The van der Waals surface area contributed by atoms with Crippen LogP contribution in [0.25, 0.3) is 0 Å². The molecule has 0 unspecified atom stereocenters. The SMILES string of the molecule is O=C(CCc1ccc2c(c1)OCO2)c1ccccc1. The van der Waals surface area contributed by atoms with E-state index in [1.54, 1.807) is 0 Å². The number of rotatable bonds is 4. The molecule has 1 heterocycles. The largest absolute Gasteiger partial charge is 0.454 e. The summed E-state index contributed by atoms with van der Waals surface area (Å²) in [6.07, 6.45) is 1.22. The lowest BCUT2D eigenvalue weighted by molar-refractivity contribution is 0.0983. The Morgan fingerprint density at radius 3 is 2.63 bits per heavy atom. The van der Waals surface area contributed by atoms with Gasteiger partial charge in [-0.2, -0.15) is 0 Å². The molecule has 0 radical (unpaired) electrons. The third kappa shape index (κ3) is 2.60. The topological polar surface area (TPSA) is 35.5 Å². The highest BCUT2D eigenvalue weighted by molar-refractivity contribution is 5.96. The number of carbonyl (C=O) groups is 1.